The maximum Gasteiger partial charge on any atom is 0.215 e. The first-order valence-electron chi connectivity index (χ1n) is 12.9. The number of nitrogens with one attached hydrogen (secondary N) is 1. The molecule has 2 aliphatic rings. The highest BCUT2D eigenvalue weighted by molar-refractivity contribution is 7.90. The van der Waals surface area contributed by atoms with Gasteiger partial charge in [-0.25, -0.2) is 13.1 Å². The molecule has 2 atom stereocenters. The van der Waals surface area contributed by atoms with Gasteiger partial charge in [0.25, 0.3) is 0 Å². The number of aliphatic hydroxyl groups excluding tert-OH is 1. The highest BCUT2D eigenvalue weighted by atomic mass is 32.2. The molecule has 37 heavy (non-hydrogen) atoms. The molecule has 11 heteroatoms. The number of ether oxygens (including phenoxy) is 1. The van der Waals surface area contributed by atoms with Gasteiger partial charge in [0, 0.05) is 25.3 Å². The van der Waals surface area contributed by atoms with E-state index < -0.39 is 21.3 Å². The summed E-state index contributed by atoms with van der Waals surface area (Å²) in [7, 11) is -1.61. The van der Waals surface area contributed by atoms with E-state index in [1.165, 1.54) is 0 Å². The third-order valence-electron chi connectivity index (χ3n) is 7.29. The zero-order valence-corrected chi connectivity index (χ0v) is 22.1. The molecule has 2 fully saturated rings. The van der Waals surface area contributed by atoms with Crippen LogP contribution in [-0.4, -0.2) is 89.1 Å². The summed E-state index contributed by atoms with van der Waals surface area (Å²) in [6, 6.07) is 14.9. The van der Waals surface area contributed by atoms with E-state index in [0.29, 0.717) is 44.0 Å². The second kappa shape index (κ2) is 11.5. The number of rotatable bonds is 10. The predicted molar refractivity (Wildman–Crippen MR) is 140 cm³/mol. The summed E-state index contributed by atoms with van der Waals surface area (Å²) in [5, 5.41) is 18.3. The average Bonchev–Trinajstić information content (AvgIpc) is 3.51. The van der Waals surface area contributed by atoms with Crippen LogP contribution in [0.15, 0.2) is 48.5 Å². The van der Waals surface area contributed by atoms with Crippen molar-refractivity contribution in [2.45, 2.75) is 49.8 Å². The number of sulfonamides is 1. The Kier molecular flexibility index (Phi) is 8.18. The molecule has 2 saturated heterocycles. The van der Waals surface area contributed by atoms with Gasteiger partial charge in [-0.05, 0) is 57.1 Å². The molecule has 0 aliphatic carbocycles. The lowest BCUT2D eigenvalue weighted by atomic mass is 10.1. The number of aromatic nitrogens is 3. The molecule has 0 bridgehead atoms. The Balaban J connectivity index is 1.42. The second-order valence-corrected chi connectivity index (χ2v) is 12.2. The summed E-state index contributed by atoms with van der Waals surface area (Å²) in [6.45, 7) is 4.02. The van der Waals surface area contributed by atoms with E-state index in [4.69, 9.17) is 4.74 Å². The Morgan fingerprint density at radius 3 is 2.57 bits per heavy atom. The summed E-state index contributed by atoms with van der Waals surface area (Å²) in [4.78, 5) is 4.34. The van der Waals surface area contributed by atoms with Gasteiger partial charge < -0.3 is 14.7 Å². The van der Waals surface area contributed by atoms with Gasteiger partial charge in [0.05, 0.1) is 24.6 Å². The van der Waals surface area contributed by atoms with E-state index in [1.807, 2.05) is 60.0 Å². The minimum atomic E-state index is -3.62. The van der Waals surface area contributed by atoms with E-state index in [0.717, 1.165) is 37.3 Å². The van der Waals surface area contributed by atoms with Gasteiger partial charge >= 0.3 is 0 Å². The number of hydrogen-bond donors (Lipinski definition) is 2. The fraction of sp³-hybridized carbons (Fsp3) is 0.538. The number of aliphatic hydroxyl groups is 1. The topological polar surface area (TPSA) is 112 Å². The van der Waals surface area contributed by atoms with Crippen molar-refractivity contribution in [2.24, 2.45) is 0 Å². The van der Waals surface area contributed by atoms with Crippen LogP contribution in [0, 0.1) is 0 Å². The van der Waals surface area contributed by atoms with Gasteiger partial charge in [0.1, 0.15) is 6.04 Å². The lowest BCUT2D eigenvalue weighted by Gasteiger charge is -2.30. The first-order chi connectivity index (χ1) is 17.9. The van der Waals surface area contributed by atoms with Crippen LogP contribution >= 0.6 is 0 Å². The normalized spacial score (nSPS) is 21.1. The molecular formula is C26H36N6O4S. The summed E-state index contributed by atoms with van der Waals surface area (Å²) < 4.78 is 37.9. The molecule has 2 aliphatic heterocycles. The maximum atomic E-state index is 13.5. The van der Waals surface area contributed by atoms with Crippen LogP contribution in [-0.2, 0) is 27.9 Å². The first-order valence-corrected chi connectivity index (χ1v) is 14.5. The molecule has 0 spiro atoms. The van der Waals surface area contributed by atoms with E-state index >= 15 is 0 Å². The summed E-state index contributed by atoms with van der Waals surface area (Å²) in [6.07, 6.45) is 1.61. The van der Waals surface area contributed by atoms with Crippen molar-refractivity contribution in [2.75, 3.05) is 39.8 Å². The lowest BCUT2D eigenvalue weighted by molar-refractivity contribution is 0.102. The zero-order valence-electron chi connectivity index (χ0n) is 21.2. The number of β-amino-alcohol motifs (C(OH)–C–C–N with tert-alkyl or cyclic N) is 1. The SMILES string of the molecule is CN1CCC(S(=O)(=O)NC(COCc2ccccc2)c2nnc3cccc(CN4CCC(O)C4)n23)CC1. The molecule has 4 heterocycles. The van der Waals surface area contributed by atoms with Gasteiger partial charge in [-0.15, -0.1) is 10.2 Å². The van der Waals surface area contributed by atoms with Crippen molar-refractivity contribution in [3.05, 3.63) is 65.6 Å². The highest BCUT2D eigenvalue weighted by Gasteiger charge is 2.33. The number of hydrogen-bond acceptors (Lipinski definition) is 8. The highest BCUT2D eigenvalue weighted by Crippen LogP contribution is 2.23. The van der Waals surface area contributed by atoms with Crippen LogP contribution in [0.1, 0.15) is 42.4 Å². The fourth-order valence-corrected chi connectivity index (χ4v) is 6.78. The summed E-state index contributed by atoms with van der Waals surface area (Å²) >= 11 is 0. The Labute approximate surface area is 218 Å². The smallest absolute Gasteiger partial charge is 0.215 e. The molecule has 0 saturated carbocycles. The Morgan fingerprint density at radius 2 is 1.84 bits per heavy atom. The van der Waals surface area contributed by atoms with Crippen LogP contribution in [0.25, 0.3) is 5.65 Å². The number of fused-ring (bicyclic) bond motifs is 1. The number of nitrogens with zero attached hydrogens (tertiary/aromatic N) is 5. The Bertz CT molecular complexity index is 1280. The quantitative estimate of drug-likeness (QED) is 0.408. The third kappa shape index (κ3) is 6.36. The average molecular weight is 529 g/mol. The predicted octanol–water partition coefficient (Wildman–Crippen LogP) is 1.57. The number of piperidine rings is 1. The van der Waals surface area contributed by atoms with Crippen molar-refractivity contribution >= 4 is 15.7 Å². The van der Waals surface area contributed by atoms with Gasteiger partial charge in [-0.2, -0.15) is 0 Å². The lowest BCUT2D eigenvalue weighted by Crippen LogP contribution is -2.44. The molecule has 2 unspecified atom stereocenters. The monoisotopic (exact) mass is 528 g/mol. The van der Waals surface area contributed by atoms with Crippen molar-refractivity contribution in [1.29, 1.82) is 0 Å². The molecule has 10 nitrogen and oxygen atoms in total. The van der Waals surface area contributed by atoms with Crippen molar-refractivity contribution < 1.29 is 18.3 Å². The number of benzene rings is 1. The van der Waals surface area contributed by atoms with E-state index in [1.54, 1.807) is 0 Å². The Hall–Kier alpha value is -2.41. The molecule has 0 radical (unpaired) electrons. The minimum Gasteiger partial charge on any atom is -0.392 e. The molecule has 1 aromatic carbocycles. The molecule has 200 valence electrons. The molecule has 0 amide bonds. The van der Waals surface area contributed by atoms with Gasteiger partial charge in [0.2, 0.25) is 10.0 Å². The van der Waals surface area contributed by atoms with Crippen LogP contribution in [0.2, 0.25) is 0 Å². The van der Waals surface area contributed by atoms with Crippen LogP contribution in [0.4, 0.5) is 0 Å². The van der Waals surface area contributed by atoms with Crippen molar-refractivity contribution in [1.82, 2.24) is 29.1 Å². The van der Waals surface area contributed by atoms with E-state index in [9.17, 15) is 13.5 Å². The van der Waals surface area contributed by atoms with Gasteiger partial charge in [-0.1, -0.05) is 36.4 Å². The maximum absolute atomic E-state index is 13.5. The van der Waals surface area contributed by atoms with Crippen LogP contribution in [0.3, 0.4) is 0 Å². The first kappa shape index (κ1) is 26.2. The minimum absolute atomic E-state index is 0.123. The fourth-order valence-electron chi connectivity index (χ4n) is 5.18. The standard InChI is InChI=1S/C26H36N6O4S/c1-30-13-11-23(12-14-30)37(34,35)29-24(19-36-18-20-6-3-2-4-7-20)26-28-27-25-9-5-8-21(32(25)26)16-31-15-10-22(33)17-31/h2-9,22-24,29,33H,10-19H2,1H3. The summed E-state index contributed by atoms with van der Waals surface area (Å²) in [5.41, 5.74) is 2.61. The Morgan fingerprint density at radius 1 is 1.05 bits per heavy atom. The summed E-state index contributed by atoms with van der Waals surface area (Å²) in [5.74, 6) is 0.509. The van der Waals surface area contributed by atoms with Gasteiger partial charge in [-0.3, -0.25) is 9.30 Å². The number of likely N-dealkylation sites (tertiary alicyclic amines) is 2. The zero-order chi connectivity index (χ0) is 25.8. The molecule has 5 rings (SSSR count). The van der Waals surface area contributed by atoms with E-state index in [-0.39, 0.29) is 12.7 Å². The second-order valence-electron chi connectivity index (χ2n) is 10.2. The number of pyridine rings is 1. The molecule has 2 aromatic heterocycles. The largest absolute Gasteiger partial charge is 0.392 e. The van der Waals surface area contributed by atoms with Gasteiger partial charge in [0.15, 0.2) is 11.5 Å². The molecule has 2 N–H and O–H groups in total. The van der Waals surface area contributed by atoms with Crippen molar-refractivity contribution in [3.8, 4) is 0 Å². The molecular weight excluding hydrogens is 492 g/mol. The third-order valence-corrected chi connectivity index (χ3v) is 9.25. The molecule has 3 aromatic rings. The van der Waals surface area contributed by atoms with E-state index in [2.05, 4.69) is 24.7 Å². The van der Waals surface area contributed by atoms with Crippen LogP contribution < -0.4 is 4.72 Å². The van der Waals surface area contributed by atoms with Crippen molar-refractivity contribution in [3.63, 3.8) is 0 Å². The van der Waals surface area contributed by atoms with Crippen LogP contribution in [0.5, 0.6) is 0 Å².